The average Bonchev–Trinajstić information content (AvgIpc) is 2.86. The van der Waals surface area contributed by atoms with Crippen molar-refractivity contribution in [2.45, 2.75) is 96.6 Å². The van der Waals surface area contributed by atoms with Gasteiger partial charge in [0.15, 0.2) is 16.6 Å². The molecule has 0 radical (unpaired) electrons. The van der Waals surface area contributed by atoms with E-state index in [1.165, 1.54) is 72.2 Å². The van der Waals surface area contributed by atoms with Gasteiger partial charge in [0.05, 0.1) is 11.6 Å². The number of rotatable bonds is 14. The monoisotopic (exact) mass is 465 g/mol. The third-order valence-electron chi connectivity index (χ3n) is 7.42. The summed E-state index contributed by atoms with van der Waals surface area (Å²) in [6.45, 7) is 11.8. The van der Waals surface area contributed by atoms with E-state index >= 15 is 0 Å². The van der Waals surface area contributed by atoms with Crippen molar-refractivity contribution in [1.29, 1.82) is 5.26 Å². The Balaban J connectivity index is 2.09. The van der Waals surface area contributed by atoms with Crippen molar-refractivity contribution in [1.82, 2.24) is 0 Å². The average molecular weight is 466 g/mol. The molecule has 0 aliphatic heterocycles. The fraction of sp³-hybridized carbons (Fsp3) is 0.536. The molecule has 0 amide bonds. The van der Waals surface area contributed by atoms with Crippen molar-refractivity contribution < 1.29 is 4.12 Å². The van der Waals surface area contributed by atoms with Gasteiger partial charge in [-0.1, -0.05) is 90.3 Å². The Kier molecular flexibility index (Phi) is 10.9. The number of unbranched alkanes of at least 4 members (excludes halogenated alkanes) is 2. The lowest BCUT2D eigenvalue weighted by Crippen LogP contribution is -2.50. The Bertz CT molecular complexity index is 831. The molecule has 0 aliphatic rings. The molecule has 2 rings (SSSR count). The van der Waals surface area contributed by atoms with Gasteiger partial charge in [-0.3, -0.25) is 0 Å². The zero-order valence-electron chi connectivity index (χ0n) is 21.0. The number of hydrogen-bond donors (Lipinski definition) is 0. The maximum atomic E-state index is 9.00. The molecule has 0 fully saturated rings. The molecular formula is C28H43NOSi2. The molecule has 0 spiro atoms. The second-order valence-corrected chi connectivity index (χ2v) is 18.6. The van der Waals surface area contributed by atoms with Crippen LogP contribution in [-0.2, 0) is 10.5 Å². The molecule has 0 aromatic heterocycles. The van der Waals surface area contributed by atoms with E-state index < -0.39 is 16.6 Å². The highest BCUT2D eigenvalue weighted by molar-refractivity contribution is 6.87. The molecule has 0 unspecified atom stereocenters. The minimum absolute atomic E-state index is 0.708. The van der Waals surface area contributed by atoms with Crippen LogP contribution in [0.3, 0.4) is 0 Å². The van der Waals surface area contributed by atoms with Crippen molar-refractivity contribution in [2.75, 3.05) is 0 Å². The largest absolute Gasteiger partial charge is 0.455 e. The van der Waals surface area contributed by atoms with Crippen molar-refractivity contribution >= 4 is 16.6 Å². The van der Waals surface area contributed by atoms with Gasteiger partial charge < -0.3 is 4.12 Å². The first-order valence-electron chi connectivity index (χ1n) is 12.8. The van der Waals surface area contributed by atoms with Crippen molar-refractivity contribution in [3.63, 3.8) is 0 Å². The lowest BCUT2D eigenvalue weighted by molar-refractivity contribution is 0.498. The zero-order chi connectivity index (χ0) is 23.5. The Morgan fingerprint density at radius 2 is 1.19 bits per heavy atom. The Morgan fingerprint density at radius 3 is 1.66 bits per heavy atom. The normalized spacial score (nSPS) is 12.0. The van der Waals surface area contributed by atoms with Gasteiger partial charge in [0.2, 0.25) is 0 Å². The molecule has 32 heavy (non-hydrogen) atoms. The molecule has 174 valence electrons. The van der Waals surface area contributed by atoms with E-state index in [0.29, 0.717) is 5.56 Å². The zero-order valence-corrected chi connectivity index (χ0v) is 23.0. The van der Waals surface area contributed by atoms with Crippen molar-refractivity contribution in [3.05, 3.63) is 59.7 Å². The Labute approximate surface area is 199 Å². The smallest absolute Gasteiger partial charge is 0.179 e. The Hall–Kier alpha value is -1.68. The summed E-state index contributed by atoms with van der Waals surface area (Å²) in [6.07, 6.45) is 5.10. The fourth-order valence-electron chi connectivity index (χ4n) is 4.73. The first-order valence-corrected chi connectivity index (χ1v) is 17.8. The predicted molar refractivity (Wildman–Crippen MR) is 144 cm³/mol. The molecule has 4 heteroatoms. The SMILES string of the molecule is CCCCC[Si](CC)(CC)O[Si](CC)(CC)CCc1ccc(-c2ccc(C#N)cc2)cc1. The van der Waals surface area contributed by atoms with Crippen LogP contribution in [0.5, 0.6) is 0 Å². The predicted octanol–water partition coefficient (Wildman–Crippen LogP) is 8.95. The van der Waals surface area contributed by atoms with Crippen LogP contribution in [0.4, 0.5) is 0 Å². The van der Waals surface area contributed by atoms with Gasteiger partial charge in [-0.25, -0.2) is 0 Å². The second-order valence-electron chi connectivity index (χ2n) is 9.23. The third kappa shape index (κ3) is 7.17. The van der Waals surface area contributed by atoms with Gasteiger partial charge in [-0.2, -0.15) is 5.26 Å². The standard InChI is InChI=1S/C28H43NOSi2/c1-6-11-12-22-31(7-2,8-3)30-32(9-4,10-5)23-21-25-13-17-27(18-14-25)28-19-15-26(24-29)16-20-28/h13-20H,6-12,21-23H2,1-5H3. The van der Waals surface area contributed by atoms with Gasteiger partial charge in [0.1, 0.15) is 0 Å². The van der Waals surface area contributed by atoms with Gasteiger partial charge in [-0.05, 0) is 71.5 Å². The summed E-state index contributed by atoms with van der Waals surface area (Å²) in [5, 5.41) is 9.00. The van der Waals surface area contributed by atoms with Crippen LogP contribution in [0.15, 0.2) is 48.5 Å². The number of benzene rings is 2. The Morgan fingerprint density at radius 1 is 0.688 bits per heavy atom. The minimum atomic E-state index is -1.72. The molecule has 0 saturated heterocycles. The van der Waals surface area contributed by atoms with Gasteiger partial charge in [0.25, 0.3) is 0 Å². The van der Waals surface area contributed by atoms with Crippen LogP contribution in [0.25, 0.3) is 11.1 Å². The minimum Gasteiger partial charge on any atom is -0.455 e. The van der Waals surface area contributed by atoms with Crippen LogP contribution >= 0.6 is 0 Å². The molecule has 0 aliphatic carbocycles. The number of hydrogen-bond acceptors (Lipinski definition) is 2. The quantitative estimate of drug-likeness (QED) is 0.206. The number of aryl methyl sites for hydroxylation is 1. The molecule has 2 aromatic carbocycles. The van der Waals surface area contributed by atoms with E-state index in [0.717, 1.165) is 6.42 Å². The first-order chi connectivity index (χ1) is 15.5. The van der Waals surface area contributed by atoms with E-state index in [4.69, 9.17) is 9.38 Å². The van der Waals surface area contributed by atoms with Crippen LogP contribution in [-0.4, -0.2) is 16.6 Å². The van der Waals surface area contributed by atoms with Gasteiger partial charge >= 0.3 is 0 Å². The van der Waals surface area contributed by atoms with Crippen LogP contribution in [0.1, 0.15) is 65.0 Å². The van der Waals surface area contributed by atoms with E-state index in [2.05, 4.69) is 65.0 Å². The van der Waals surface area contributed by atoms with Crippen molar-refractivity contribution in [2.24, 2.45) is 0 Å². The number of nitriles is 1. The van der Waals surface area contributed by atoms with E-state index in [1.54, 1.807) is 0 Å². The third-order valence-corrected chi connectivity index (χ3v) is 18.5. The molecule has 2 aromatic rings. The lowest BCUT2D eigenvalue weighted by Gasteiger charge is -2.41. The number of nitrogens with zero attached hydrogens (tertiary/aromatic N) is 1. The van der Waals surface area contributed by atoms with Gasteiger partial charge in [-0.15, -0.1) is 0 Å². The summed E-state index contributed by atoms with van der Waals surface area (Å²) in [7, 11) is -3.34. The first kappa shape index (κ1) is 26.6. The van der Waals surface area contributed by atoms with Gasteiger partial charge in [0, 0.05) is 0 Å². The molecule has 0 atom stereocenters. The highest BCUT2D eigenvalue weighted by Gasteiger charge is 2.41. The lowest BCUT2D eigenvalue weighted by atomic mass is 10.0. The molecule has 0 bridgehead atoms. The van der Waals surface area contributed by atoms with Crippen LogP contribution < -0.4 is 0 Å². The van der Waals surface area contributed by atoms with E-state index in [1.807, 2.05) is 24.3 Å². The maximum Gasteiger partial charge on any atom is 0.179 e. The van der Waals surface area contributed by atoms with Crippen molar-refractivity contribution in [3.8, 4) is 17.2 Å². The highest BCUT2D eigenvalue weighted by Crippen LogP contribution is 2.35. The van der Waals surface area contributed by atoms with E-state index in [9.17, 15) is 0 Å². The summed E-state index contributed by atoms with van der Waals surface area (Å²) < 4.78 is 7.36. The summed E-state index contributed by atoms with van der Waals surface area (Å²) >= 11 is 0. The molecule has 0 N–H and O–H groups in total. The second kappa shape index (κ2) is 13.1. The van der Waals surface area contributed by atoms with Crippen LogP contribution in [0.2, 0.25) is 36.3 Å². The van der Waals surface area contributed by atoms with Crippen LogP contribution in [0, 0.1) is 11.3 Å². The fourth-order valence-corrected chi connectivity index (χ4v) is 15.6. The summed E-state index contributed by atoms with van der Waals surface area (Å²) in [4.78, 5) is 0. The molecule has 0 saturated carbocycles. The summed E-state index contributed by atoms with van der Waals surface area (Å²) in [5.41, 5.74) is 4.50. The summed E-state index contributed by atoms with van der Waals surface area (Å²) in [5.74, 6) is 0. The highest BCUT2D eigenvalue weighted by atomic mass is 28.4. The maximum absolute atomic E-state index is 9.00. The summed E-state index contributed by atoms with van der Waals surface area (Å²) in [6, 6.07) is 26.6. The molecular weight excluding hydrogens is 422 g/mol. The molecule has 0 heterocycles. The molecule has 2 nitrogen and oxygen atoms in total. The topological polar surface area (TPSA) is 33.0 Å². The van der Waals surface area contributed by atoms with E-state index in [-0.39, 0.29) is 0 Å².